The first-order valence-electron chi connectivity index (χ1n) is 5.83. The van der Waals surface area contributed by atoms with Crippen molar-refractivity contribution in [1.29, 1.82) is 0 Å². The summed E-state index contributed by atoms with van der Waals surface area (Å²) in [5.74, 6) is 0.301. The number of hydrogen-bond acceptors (Lipinski definition) is 2. The molecule has 1 rings (SSSR count). The molecule has 0 heterocycles. The van der Waals surface area contributed by atoms with Crippen LogP contribution in [0.3, 0.4) is 0 Å². The summed E-state index contributed by atoms with van der Waals surface area (Å²) < 4.78 is 7.57. The molecular weight excluding hydrogens is 331 g/mol. The maximum atomic E-state index is 9.22. The van der Waals surface area contributed by atoms with E-state index < -0.39 is 8.32 Å². The summed E-state index contributed by atoms with van der Waals surface area (Å²) in [5.41, 5.74) is 0. The Bertz CT molecular complexity index is 281. The second kappa shape index (κ2) is 5.08. The maximum absolute atomic E-state index is 9.22. The minimum absolute atomic E-state index is 0.213. The van der Waals surface area contributed by atoms with Gasteiger partial charge in [-0.3, -0.25) is 0 Å². The maximum Gasteiger partial charge on any atom is 0.192 e. The molecule has 0 aromatic rings. The Morgan fingerprint density at radius 2 is 2.06 bits per heavy atom. The van der Waals surface area contributed by atoms with E-state index in [1.54, 1.807) is 0 Å². The molecule has 0 spiro atoms. The molecule has 0 aromatic carbocycles. The summed E-state index contributed by atoms with van der Waals surface area (Å²) in [7, 11) is -1.67. The van der Waals surface area contributed by atoms with Gasteiger partial charge in [-0.05, 0) is 56.8 Å². The molecule has 94 valence electrons. The van der Waals surface area contributed by atoms with E-state index in [1.807, 2.05) is 0 Å². The number of aliphatic hydroxyl groups is 1. The summed E-state index contributed by atoms with van der Waals surface area (Å²) in [4.78, 5) is 0. The highest BCUT2D eigenvalue weighted by molar-refractivity contribution is 14.1. The van der Waals surface area contributed by atoms with Gasteiger partial charge in [0.25, 0.3) is 0 Å². The molecule has 1 aliphatic rings. The number of aliphatic hydroxyl groups excluding tert-OH is 1. The molecular formula is C12H23IO2Si. The average Bonchev–Trinajstić information content (AvgIpc) is 2.43. The lowest BCUT2D eigenvalue weighted by Crippen LogP contribution is -2.43. The second-order valence-corrected chi connectivity index (χ2v) is 12.1. The first-order valence-corrected chi connectivity index (χ1v) is 9.82. The second-order valence-electron chi connectivity index (χ2n) is 6.08. The van der Waals surface area contributed by atoms with Crippen LogP contribution < -0.4 is 0 Å². The third-order valence-electron chi connectivity index (χ3n) is 3.72. The minimum Gasteiger partial charge on any atom is -0.411 e. The van der Waals surface area contributed by atoms with E-state index in [4.69, 9.17) is 4.43 Å². The first-order chi connectivity index (χ1) is 7.17. The van der Waals surface area contributed by atoms with Crippen molar-refractivity contribution in [1.82, 2.24) is 0 Å². The number of halogens is 1. The monoisotopic (exact) mass is 354 g/mol. The van der Waals surface area contributed by atoms with Gasteiger partial charge in [-0.25, -0.2) is 0 Å². The summed E-state index contributed by atoms with van der Waals surface area (Å²) in [6.07, 6.45) is 3.34. The van der Waals surface area contributed by atoms with Gasteiger partial charge in [-0.1, -0.05) is 20.8 Å². The predicted octanol–water partition coefficient (Wildman–Crippen LogP) is 3.71. The predicted molar refractivity (Wildman–Crippen MR) is 79.4 cm³/mol. The summed E-state index contributed by atoms with van der Waals surface area (Å²) in [6.45, 7) is 11.6. The highest BCUT2D eigenvalue weighted by atomic mass is 127. The Labute approximate surface area is 114 Å². The standard InChI is InChI=1S/C12H23IO2Si/c1-12(2,3)16(4,5)15-10-6-9(8-14)11(13)7-10/h7,9-10,14H,6,8H2,1-5H3/t9-,10-/m0/s1. The van der Waals surface area contributed by atoms with Crippen molar-refractivity contribution in [3.8, 4) is 0 Å². The minimum atomic E-state index is -1.67. The Hall–Kier alpha value is 0.607. The number of rotatable bonds is 3. The van der Waals surface area contributed by atoms with E-state index in [0.717, 1.165) is 6.42 Å². The first kappa shape index (κ1) is 14.7. The van der Waals surface area contributed by atoms with E-state index in [2.05, 4.69) is 62.5 Å². The molecule has 4 heteroatoms. The van der Waals surface area contributed by atoms with Crippen molar-refractivity contribution in [2.75, 3.05) is 6.61 Å². The van der Waals surface area contributed by atoms with Gasteiger partial charge in [0, 0.05) is 5.92 Å². The lowest BCUT2D eigenvalue weighted by Gasteiger charge is -2.38. The lowest BCUT2D eigenvalue weighted by molar-refractivity contribution is 0.184. The van der Waals surface area contributed by atoms with E-state index >= 15 is 0 Å². The zero-order chi connectivity index (χ0) is 12.6. The molecule has 0 fully saturated rings. The van der Waals surface area contributed by atoms with E-state index in [-0.39, 0.29) is 17.7 Å². The van der Waals surface area contributed by atoms with E-state index in [0.29, 0.717) is 5.92 Å². The van der Waals surface area contributed by atoms with Crippen LogP contribution in [0.2, 0.25) is 18.1 Å². The van der Waals surface area contributed by atoms with Crippen LogP contribution in [0, 0.1) is 5.92 Å². The van der Waals surface area contributed by atoms with Crippen LogP contribution in [0.1, 0.15) is 27.2 Å². The summed E-state index contributed by atoms with van der Waals surface area (Å²) in [6, 6.07) is 0. The van der Waals surface area contributed by atoms with Crippen LogP contribution >= 0.6 is 22.6 Å². The zero-order valence-electron chi connectivity index (χ0n) is 10.9. The Morgan fingerprint density at radius 1 is 1.50 bits per heavy atom. The van der Waals surface area contributed by atoms with Gasteiger partial charge < -0.3 is 9.53 Å². The van der Waals surface area contributed by atoms with Crippen LogP contribution in [0.25, 0.3) is 0 Å². The van der Waals surface area contributed by atoms with Gasteiger partial charge in [0.05, 0.1) is 12.7 Å². The van der Waals surface area contributed by atoms with Crippen molar-refractivity contribution in [2.45, 2.75) is 51.4 Å². The molecule has 2 nitrogen and oxygen atoms in total. The van der Waals surface area contributed by atoms with Gasteiger partial charge in [0.1, 0.15) is 0 Å². The SMILES string of the molecule is CC(C)(C)[Si](C)(C)O[C@@H]1C=C(I)[C@H](CO)C1. The lowest BCUT2D eigenvalue weighted by atomic mass is 10.1. The smallest absolute Gasteiger partial charge is 0.192 e. The molecule has 0 aromatic heterocycles. The van der Waals surface area contributed by atoms with Gasteiger partial charge in [-0.15, -0.1) is 0 Å². The highest BCUT2D eigenvalue weighted by Gasteiger charge is 2.40. The summed E-state index contributed by atoms with van der Waals surface area (Å²) in [5, 5.41) is 9.48. The van der Waals surface area contributed by atoms with Crippen molar-refractivity contribution in [2.24, 2.45) is 5.92 Å². The van der Waals surface area contributed by atoms with Gasteiger partial charge in [-0.2, -0.15) is 0 Å². The van der Waals surface area contributed by atoms with Gasteiger partial charge >= 0.3 is 0 Å². The van der Waals surface area contributed by atoms with Crippen LogP contribution in [-0.4, -0.2) is 26.1 Å². The number of hydrogen-bond donors (Lipinski definition) is 1. The third kappa shape index (κ3) is 3.30. The van der Waals surface area contributed by atoms with Crippen molar-refractivity contribution >= 4 is 30.9 Å². The van der Waals surface area contributed by atoms with Crippen LogP contribution in [0.4, 0.5) is 0 Å². The molecule has 2 atom stereocenters. The fourth-order valence-electron chi connectivity index (χ4n) is 1.57. The average molecular weight is 354 g/mol. The third-order valence-corrected chi connectivity index (χ3v) is 9.47. The molecule has 16 heavy (non-hydrogen) atoms. The van der Waals surface area contributed by atoms with Crippen molar-refractivity contribution < 1.29 is 9.53 Å². The van der Waals surface area contributed by atoms with Crippen LogP contribution in [-0.2, 0) is 4.43 Å². The Kier molecular flexibility index (Phi) is 4.66. The molecule has 0 amide bonds. The van der Waals surface area contributed by atoms with Crippen LogP contribution in [0.5, 0.6) is 0 Å². The molecule has 1 aliphatic carbocycles. The van der Waals surface area contributed by atoms with Gasteiger partial charge in [0.2, 0.25) is 0 Å². The van der Waals surface area contributed by atoms with Gasteiger partial charge in [0.15, 0.2) is 8.32 Å². The summed E-state index contributed by atoms with van der Waals surface area (Å²) >= 11 is 2.32. The quantitative estimate of drug-likeness (QED) is 0.619. The Morgan fingerprint density at radius 3 is 2.44 bits per heavy atom. The topological polar surface area (TPSA) is 29.5 Å². The van der Waals surface area contributed by atoms with Crippen LogP contribution in [0.15, 0.2) is 9.66 Å². The molecule has 0 saturated heterocycles. The normalized spacial score (nSPS) is 27.1. The van der Waals surface area contributed by atoms with Crippen molar-refractivity contribution in [3.05, 3.63) is 9.66 Å². The fraction of sp³-hybridized carbons (Fsp3) is 0.833. The Balaban J connectivity index is 2.65. The molecule has 0 radical (unpaired) electrons. The highest BCUT2D eigenvalue weighted by Crippen LogP contribution is 2.40. The van der Waals surface area contributed by atoms with E-state index in [1.165, 1.54) is 3.58 Å². The molecule has 0 bridgehead atoms. The van der Waals surface area contributed by atoms with Crippen molar-refractivity contribution in [3.63, 3.8) is 0 Å². The zero-order valence-corrected chi connectivity index (χ0v) is 14.0. The fourth-order valence-corrected chi connectivity index (χ4v) is 3.70. The molecule has 0 aliphatic heterocycles. The van der Waals surface area contributed by atoms with E-state index in [9.17, 15) is 5.11 Å². The molecule has 1 N–H and O–H groups in total. The largest absolute Gasteiger partial charge is 0.411 e. The molecule has 0 unspecified atom stereocenters. The molecule has 0 saturated carbocycles.